The van der Waals surface area contributed by atoms with Gasteiger partial charge in [-0.25, -0.2) is 0 Å². The monoisotopic (exact) mass is 329 g/mol. The Kier molecular flexibility index (Phi) is 6.07. The third-order valence-electron chi connectivity index (χ3n) is 3.67. The van der Waals surface area contributed by atoms with Crippen molar-refractivity contribution in [3.8, 4) is 17.2 Å². The van der Waals surface area contributed by atoms with E-state index in [-0.39, 0.29) is 12.5 Å². The fraction of sp³-hybridized carbons (Fsp3) is 0.316. The fourth-order valence-electron chi connectivity index (χ4n) is 2.24. The van der Waals surface area contributed by atoms with E-state index in [1.165, 1.54) is 0 Å². The number of carbonyl (C=O) groups excluding carboxylic acids is 1. The Hall–Kier alpha value is -2.69. The minimum absolute atomic E-state index is 0.0356. The van der Waals surface area contributed by atoms with E-state index in [9.17, 15) is 4.79 Å². The van der Waals surface area contributed by atoms with Gasteiger partial charge in [0.2, 0.25) is 0 Å². The number of hydrogen-bond acceptors (Lipinski definition) is 4. The van der Waals surface area contributed by atoms with Gasteiger partial charge in [0.05, 0.1) is 14.2 Å². The number of likely N-dealkylation sites (N-methyl/N-ethyl adjacent to an activating group) is 1. The highest BCUT2D eigenvalue weighted by molar-refractivity contribution is 5.77. The van der Waals surface area contributed by atoms with Crippen molar-refractivity contribution in [3.63, 3.8) is 0 Å². The van der Waals surface area contributed by atoms with Gasteiger partial charge in [-0.1, -0.05) is 18.2 Å². The fourth-order valence-corrected chi connectivity index (χ4v) is 2.24. The largest absolute Gasteiger partial charge is 0.497 e. The summed E-state index contributed by atoms with van der Waals surface area (Å²) in [5.41, 5.74) is 2.10. The molecule has 2 rings (SSSR count). The minimum Gasteiger partial charge on any atom is -0.497 e. The first-order chi connectivity index (χ1) is 11.5. The molecule has 0 fully saturated rings. The van der Waals surface area contributed by atoms with Gasteiger partial charge in [-0.3, -0.25) is 4.79 Å². The number of aryl methyl sites for hydroxylation is 1. The van der Waals surface area contributed by atoms with Gasteiger partial charge < -0.3 is 19.1 Å². The van der Waals surface area contributed by atoms with Crippen molar-refractivity contribution in [2.45, 2.75) is 13.5 Å². The van der Waals surface area contributed by atoms with Crippen LogP contribution in [0.5, 0.6) is 17.2 Å². The molecule has 1 amide bonds. The molecule has 2 aromatic carbocycles. The van der Waals surface area contributed by atoms with Crippen LogP contribution in [0.25, 0.3) is 0 Å². The van der Waals surface area contributed by atoms with Crippen LogP contribution in [-0.4, -0.2) is 38.7 Å². The Bertz CT molecular complexity index is 682. The van der Waals surface area contributed by atoms with Crippen LogP contribution in [0.4, 0.5) is 0 Å². The molecule has 0 aliphatic carbocycles. The number of amides is 1. The second kappa shape index (κ2) is 8.24. The molecule has 24 heavy (non-hydrogen) atoms. The van der Waals surface area contributed by atoms with Crippen molar-refractivity contribution in [1.82, 2.24) is 4.90 Å². The third-order valence-corrected chi connectivity index (χ3v) is 3.67. The van der Waals surface area contributed by atoms with Gasteiger partial charge in [-0.2, -0.15) is 0 Å². The molecule has 2 aromatic rings. The van der Waals surface area contributed by atoms with Crippen molar-refractivity contribution < 1.29 is 19.0 Å². The van der Waals surface area contributed by atoms with E-state index < -0.39 is 0 Å². The van der Waals surface area contributed by atoms with Gasteiger partial charge in [-0.15, -0.1) is 0 Å². The van der Waals surface area contributed by atoms with Crippen molar-refractivity contribution >= 4 is 5.91 Å². The quantitative estimate of drug-likeness (QED) is 0.783. The number of ether oxygens (including phenoxy) is 3. The average Bonchev–Trinajstić information content (AvgIpc) is 2.60. The molecule has 5 heteroatoms. The van der Waals surface area contributed by atoms with Gasteiger partial charge in [0.1, 0.15) is 5.75 Å². The summed E-state index contributed by atoms with van der Waals surface area (Å²) in [7, 11) is 4.96. The third kappa shape index (κ3) is 4.65. The van der Waals surface area contributed by atoms with E-state index in [2.05, 4.69) is 0 Å². The number of carbonyl (C=O) groups is 1. The second-order valence-corrected chi connectivity index (χ2v) is 5.54. The van der Waals surface area contributed by atoms with E-state index in [1.807, 2.05) is 49.4 Å². The van der Waals surface area contributed by atoms with Crippen molar-refractivity contribution in [3.05, 3.63) is 53.6 Å². The molecule has 0 heterocycles. The molecule has 0 atom stereocenters. The lowest BCUT2D eigenvalue weighted by Gasteiger charge is -2.18. The number of rotatable bonds is 7. The summed E-state index contributed by atoms with van der Waals surface area (Å²) in [5, 5.41) is 0. The lowest BCUT2D eigenvalue weighted by Crippen LogP contribution is -2.31. The minimum atomic E-state index is -0.103. The maximum absolute atomic E-state index is 12.2. The molecule has 0 aliphatic heterocycles. The SMILES string of the molecule is COc1ccc(CN(C)C(=O)COc2ccc(C)cc2OC)cc1. The highest BCUT2D eigenvalue weighted by Gasteiger charge is 2.12. The number of nitrogens with zero attached hydrogens (tertiary/aromatic N) is 1. The summed E-state index contributed by atoms with van der Waals surface area (Å²) in [6, 6.07) is 13.2. The van der Waals surface area contributed by atoms with E-state index in [4.69, 9.17) is 14.2 Å². The van der Waals surface area contributed by atoms with Crippen molar-refractivity contribution in [2.75, 3.05) is 27.9 Å². The molecule has 0 aromatic heterocycles. The lowest BCUT2D eigenvalue weighted by atomic mass is 10.2. The Labute approximate surface area is 142 Å². The van der Waals surface area contributed by atoms with Crippen LogP contribution in [0.1, 0.15) is 11.1 Å². The zero-order chi connectivity index (χ0) is 17.5. The zero-order valence-corrected chi connectivity index (χ0v) is 14.5. The van der Waals surface area contributed by atoms with Crippen molar-refractivity contribution in [2.24, 2.45) is 0 Å². The molecule has 0 spiro atoms. The Morgan fingerprint density at radius 3 is 2.33 bits per heavy atom. The van der Waals surface area contributed by atoms with E-state index >= 15 is 0 Å². The molecular weight excluding hydrogens is 306 g/mol. The summed E-state index contributed by atoms with van der Waals surface area (Å²) in [4.78, 5) is 13.9. The topological polar surface area (TPSA) is 48.0 Å². The van der Waals surface area contributed by atoms with E-state index in [0.29, 0.717) is 18.0 Å². The Balaban J connectivity index is 1.91. The molecule has 0 aliphatic rings. The summed E-state index contributed by atoms with van der Waals surface area (Å²) in [6.45, 7) is 2.45. The Morgan fingerprint density at radius 1 is 1.00 bits per heavy atom. The van der Waals surface area contributed by atoms with Crippen LogP contribution in [0.2, 0.25) is 0 Å². The van der Waals surface area contributed by atoms with Crippen LogP contribution in [0, 0.1) is 6.92 Å². The van der Waals surface area contributed by atoms with Crippen LogP contribution in [0.3, 0.4) is 0 Å². The van der Waals surface area contributed by atoms with Crippen LogP contribution in [0.15, 0.2) is 42.5 Å². The normalized spacial score (nSPS) is 10.2. The Morgan fingerprint density at radius 2 is 1.71 bits per heavy atom. The van der Waals surface area contributed by atoms with Crippen LogP contribution in [-0.2, 0) is 11.3 Å². The highest BCUT2D eigenvalue weighted by atomic mass is 16.5. The summed E-state index contributed by atoms with van der Waals surface area (Å²) in [6.07, 6.45) is 0. The summed E-state index contributed by atoms with van der Waals surface area (Å²) < 4.78 is 16.0. The lowest BCUT2D eigenvalue weighted by molar-refractivity contribution is -0.132. The predicted octanol–water partition coefficient (Wildman–Crippen LogP) is 3.05. The predicted molar refractivity (Wildman–Crippen MR) is 92.7 cm³/mol. The molecule has 128 valence electrons. The van der Waals surface area contributed by atoms with Gasteiger partial charge >= 0.3 is 0 Å². The number of hydrogen-bond donors (Lipinski definition) is 0. The van der Waals surface area contributed by atoms with Crippen LogP contribution >= 0.6 is 0 Å². The molecular formula is C19H23NO4. The summed E-state index contributed by atoms with van der Waals surface area (Å²) >= 11 is 0. The van der Waals surface area contributed by atoms with E-state index in [0.717, 1.165) is 16.9 Å². The maximum Gasteiger partial charge on any atom is 0.260 e. The molecule has 0 saturated carbocycles. The van der Waals surface area contributed by atoms with E-state index in [1.54, 1.807) is 26.2 Å². The first kappa shape index (κ1) is 17.7. The molecule has 5 nitrogen and oxygen atoms in total. The van der Waals surface area contributed by atoms with Gasteiger partial charge in [-0.05, 0) is 42.3 Å². The first-order valence-corrected chi connectivity index (χ1v) is 7.68. The molecule has 0 unspecified atom stereocenters. The van der Waals surface area contributed by atoms with Crippen molar-refractivity contribution in [1.29, 1.82) is 0 Å². The second-order valence-electron chi connectivity index (χ2n) is 5.54. The number of benzene rings is 2. The summed E-state index contributed by atoms with van der Waals surface area (Å²) in [5.74, 6) is 1.88. The maximum atomic E-state index is 12.2. The average molecular weight is 329 g/mol. The first-order valence-electron chi connectivity index (χ1n) is 7.68. The van der Waals surface area contributed by atoms with Gasteiger partial charge in [0.15, 0.2) is 18.1 Å². The number of methoxy groups -OCH3 is 2. The molecule has 0 bridgehead atoms. The molecule has 0 radical (unpaired) electrons. The molecule has 0 saturated heterocycles. The highest BCUT2D eigenvalue weighted by Crippen LogP contribution is 2.27. The molecule has 0 N–H and O–H groups in total. The van der Waals surface area contributed by atoms with Gasteiger partial charge in [0.25, 0.3) is 5.91 Å². The van der Waals surface area contributed by atoms with Crippen LogP contribution < -0.4 is 14.2 Å². The standard InChI is InChI=1S/C19H23NO4/c1-14-5-10-17(18(11-14)23-4)24-13-19(21)20(2)12-15-6-8-16(22-3)9-7-15/h5-11H,12-13H2,1-4H3. The van der Waals surface area contributed by atoms with Gasteiger partial charge in [0, 0.05) is 13.6 Å². The zero-order valence-electron chi connectivity index (χ0n) is 14.5. The smallest absolute Gasteiger partial charge is 0.260 e.